The second-order valence-corrected chi connectivity index (χ2v) is 6.91. The third-order valence-corrected chi connectivity index (χ3v) is 3.41. The number of carbonyl (C=O) groups is 1. The van der Waals surface area contributed by atoms with E-state index in [2.05, 4.69) is 29.0 Å². The van der Waals surface area contributed by atoms with Gasteiger partial charge in [0.05, 0.1) is 6.20 Å². The van der Waals surface area contributed by atoms with Crippen LogP contribution in [0, 0.1) is 5.41 Å². The van der Waals surface area contributed by atoms with E-state index < -0.39 is 0 Å². The minimum atomic E-state index is -0.115. The molecule has 1 heterocycles. The molecular formula is C19H25N3O2. The van der Waals surface area contributed by atoms with E-state index in [4.69, 9.17) is 4.74 Å². The number of benzene rings is 1. The summed E-state index contributed by atoms with van der Waals surface area (Å²) in [5, 5.41) is 2.92. The summed E-state index contributed by atoms with van der Waals surface area (Å²) in [5.41, 5.74) is 0.461. The van der Waals surface area contributed by atoms with Crippen LogP contribution in [0.4, 0.5) is 5.69 Å². The third kappa shape index (κ3) is 5.66. The van der Waals surface area contributed by atoms with Gasteiger partial charge < -0.3 is 15.0 Å². The van der Waals surface area contributed by atoms with Crippen molar-refractivity contribution in [3.05, 3.63) is 48.8 Å². The van der Waals surface area contributed by atoms with Crippen LogP contribution in [0.5, 0.6) is 11.5 Å². The fourth-order valence-corrected chi connectivity index (χ4v) is 2.72. The van der Waals surface area contributed by atoms with Crippen LogP contribution >= 0.6 is 0 Å². The zero-order valence-electron chi connectivity index (χ0n) is 14.7. The molecule has 0 aliphatic heterocycles. The lowest BCUT2D eigenvalue weighted by molar-refractivity contribution is -0.118. The molecule has 0 fully saturated rings. The Kier molecular flexibility index (Phi) is 5.93. The van der Waals surface area contributed by atoms with Crippen LogP contribution in [0.15, 0.2) is 48.8 Å². The second kappa shape index (κ2) is 7.93. The zero-order chi connectivity index (χ0) is 17.6. The number of hydrogen-bond donors (Lipinski definition) is 1. The molecule has 5 nitrogen and oxygen atoms in total. The van der Waals surface area contributed by atoms with Gasteiger partial charge >= 0.3 is 0 Å². The number of nitrogens with zero attached hydrogens (tertiary/aromatic N) is 2. The van der Waals surface area contributed by atoms with Crippen molar-refractivity contribution in [1.29, 1.82) is 0 Å². The highest BCUT2D eigenvalue weighted by Gasteiger charge is 2.23. The van der Waals surface area contributed by atoms with Gasteiger partial charge in [-0.2, -0.15) is 0 Å². The molecule has 0 atom stereocenters. The average molecular weight is 327 g/mol. The zero-order valence-corrected chi connectivity index (χ0v) is 14.7. The van der Waals surface area contributed by atoms with E-state index in [1.54, 1.807) is 18.5 Å². The summed E-state index contributed by atoms with van der Waals surface area (Å²) in [5.74, 6) is 1.25. The molecule has 1 aromatic carbocycles. The van der Waals surface area contributed by atoms with Crippen molar-refractivity contribution >= 4 is 11.6 Å². The topological polar surface area (TPSA) is 54.5 Å². The molecule has 0 unspecified atom stereocenters. The van der Waals surface area contributed by atoms with Gasteiger partial charge in [-0.3, -0.25) is 9.78 Å². The minimum Gasteiger partial charge on any atom is -0.455 e. The van der Waals surface area contributed by atoms with Gasteiger partial charge in [0.15, 0.2) is 5.75 Å². The number of amides is 1. The Hall–Kier alpha value is -2.40. The Morgan fingerprint density at radius 1 is 1.21 bits per heavy atom. The number of nitrogens with one attached hydrogen (secondary N) is 1. The van der Waals surface area contributed by atoms with Crippen molar-refractivity contribution in [2.75, 3.05) is 26.0 Å². The predicted octanol–water partition coefficient (Wildman–Crippen LogP) is 3.79. The monoisotopic (exact) mass is 327 g/mol. The molecule has 2 aromatic rings. The van der Waals surface area contributed by atoms with Crippen molar-refractivity contribution in [1.82, 2.24) is 9.88 Å². The maximum atomic E-state index is 12.4. The smallest absolute Gasteiger partial charge is 0.225 e. The lowest BCUT2D eigenvalue weighted by atomic mass is 9.88. The quantitative estimate of drug-likeness (QED) is 0.840. The summed E-state index contributed by atoms with van der Waals surface area (Å²) < 4.78 is 5.84. The second-order valence-electron chi connectivity index (χ2n) is 6.91. The number of rotatable bonds is 7. The molecule has 0 saturated heterocycles. The number of aromatic nitrogens is 1. The Morgan fingerprint density at radius 3 is 2.58 bits per heavy atom. The molecule has 0 aliphatic rings. The first-order valence-corrected chi connectivity index (χ1v) is 7.97. The summed E-state index contributed by atoms with van der Waals surface area (Å²) in [7, 11) is 4.01. The normalized spacial score (nSPS) is 11.4. The van der Waals surface area contributed by atoms with Crippen molar-refractivity contribution in [2.45, 2.75) is 20.3 Å². The number of carbonyl (C=O) groups excluding carboxylic acids is 1. The van der Waals surface area contributed by atoms with Crippen molar-refractivity contribution in [2.24, 2.45) is 5.41 Å². The summed E-state index contributed by atoms with van der Waals surface area (Å²) in [6.45, 7) is 5.00. The van der Waals surface area contributed by atoms with Crippen LogP contribution in [0.2, 0.25) is 0 Å². The molecule has 0 spiro atoms. The van der Waals surface area contributed by atoms with Crippen LogP contribution in [-0.4, -0.2) is 36.4 Å². The van der Waals surface area contributed by atoms with Crippen LogP contribution in [0.3, 0.4) is 0 Å². The van der Waals surface area contributed by atoms with Crippen LogP contribution < -0.4 is 10.1 Å². The molecule has 0 saturated carbocycles. The van der Waals surface area contributed by atoms with E-state index in [1.807, 2.05) is 44.4 Å². The number of para-hydroxylation sites is 1. The molecule has 0 aliphatic carbocycles. The van der Waals surface area contributed by atoms with Gasteiger partial charge in [-0.1, -0.05) is 32.0 Å². The molecule has 128 valence electrons. The average Bonchev–Trinajstić information content (AvgIpc) is 2.48. The fourth-order valence-electron chi connectivity index (χ4n) is 2.72. The first-order chi connectivity index (χ1) is 11.4. The van der Waals surface area contributed by atoms with Crippen LogP contribution in [0.25, 0.3) is 0 Å². The molecule has 1 N–H and O–H groups in total. The van der Waals surface area contributed by atoms with Gasteiger partial charge in [0.25, 0.3) is 0 Å². The lowest BCUT2D eigenvalue weighted by Crippen LogP contribution is -2.32. The van der Waals surface area contributed by atoms with Crippen molar-refractivity contribution in [3.8, 4) is 11.5 Å². The maximum absolute atomic E-state index is 12.4. The summed E-state index contributed by atoms with van der Waals surface area (Å²) >= 11 is 0. The third-order valence-electron chi connectivity index (χ3n) is 3.41. The van der Waals surface area contributed by atoms with E-state index in [-0.39, 0.29) is 11.3 Å². The van der Waals surface area contributed by atoms with E-state index in [9.17, 15) is 4.79 Å². The van der Waals surface area contributed by atoms with Gasteiger partial charge in [-0.15, -0.1) is 0 Å². The highest BCUT2D eigenvalue weighted by atomic mass is 16.5. The fraction of sp³-hybridized carbons (Fsp3) is 0.368. The Labute approximate surface area is 143 Å². The maximum Gasteiger partial charge on any atom is 0.225 e. The van der Waals surface area contributed by atoms with Crippen LogP contribution in [0.1, 0.15) is 20.3 Å². The van der Waals surface area contributed by atoms with Gasteiger partial charge in [-0.05, 0) is 31.6 Å². The van der Waals surface area contributed by atoms with E-state index in [0.29, 0.717) is 23.6 Å². The lowest BCUT2D eigenvalue weighted by Gasteiger charge is -2.27. The largest absolute Gasteiger partial charge is 0.455 e. The van der Waals surface area contributed by atoms with Crippen molar-refractivity contribution < 1.29 is 9.53 Å². The minimum absolute atomic E-state index is 0.0484. The highest BCUT2D eigenvalue weighted by Crippen LogP contribution is 2.29. The van der Waals surface area contributed by atoms with E-state index in [0.717, 1.165) is 6.54 Å². The summed E-state index contributed by atoms with van der Waals surface area (Å²) in [6, 6.07) is 11.2. The van der Waals surface area contributed by atoms with Gasteiger partial charge in [-0.25, -0.2) is 0 Å². The molecule has 1 aromatic heterocycles. The number of hydrogen-bond acceptors (Lipinski definition) is 4. The Balaban J connectivity index is 2.06. The SMILES string of the molecule is CN(C)CC(C)(C)CC(=O)Nc1cnccc1Oc1ccccc1. The molecule has 5 heteroatoms. The molecule has 2 rings (SSSR count). The van der Waals surface area contributed by atoms with Gasteiger partial charge in [0.2, 0.25) is 5.91 Å². The van der Waals surface area contributed by atoms with Gasteiger partial charge in [0, 0.05) is 25.2 Å². The molecule has 24 heavy (non-hydrogen) atoms. The van der Waals surface area contributed by atoms with E-state index >= 15 is 0 Å². The first kappa shape index (κ1) is 17.9. The highest BCUT2D eigenvalue weighted by molar-refractivity contribution is 5.92. The van der Waals surface area contributed by atoms with Gasteiger partial charge in [0.1, 0.15) is 11.4 Å². The first-order valence-electron chi connectivity index (χ1n) is 7.97. The molecule has 0 bridgehead atoms. The molecule has 1 amide bonds. The Bertz CT molecular complexity index is 669. The number of pyridine rings is 1. The Morgan fingerprint density at radius 2 is 1.92 bits per heavy atom. The molecule has 0 radical (unpaired) electrons. The molecular weight excluding hydrogens is 302 g/mol. The van der Waals surface area contributed by atoms with Crippen molar-refractivity contribution in [3.63, 3.8) is 0 Å². The summed E-state index contributed by atoms with van der Waals surface area (Å²) in [4.78, 5) is 18.6. The summed E-state index contributed by atoms with van der Waals surface area (Å²) in [6.07, 6.45) is 3.67. The number of anilines is 1. The van der Waals surface area contributed by atoms with Crippen LogP contribution in [-0.2, 0) is 4.79 Å². The predicted molar refractivity (Wildman–Crippen MR) is 96.3 cm³/mol. The standard InChI is InChI=1S/C19H25N3O2/c1-19(2,14-22(3)4)12-18(23)21-16-13-20-11-10-17(16)24-15-8-6-5-7-9-15/h5-11,13H,12,14H2,1-4H3,(H,21,23). The number of ether oxygens (including phenoxy) is 1. The van der Waals surface area contributed by atoms with E-state index in [1.165, 1.54) is 0 Å².